The summed E-state index contributed by atoms with van der Waals surface area (Å²) < 4.78 is 17.0. The third-order valence-corrected chi connectivity index (χ3v) is 5.55. The molecule has 0 spiro atoms. The summed E-state index contributed by atoms with van der Waals surface area (Å²) in [5.41, 5.74) is 2.33. The number of methoxy groups -OCH3 is 1. The fraction of sp³-hybridized carbons (Fsp3) is 0.318. The average molecular weight is 400 g/mol. The first-order valence-electron chi connectivity index (χ1n) is 9.08. The van der Waals surface area contributed by atoms with Crippen LogP contribution in [0.15, 0.2) is 65.7 Å². The lowest BCUT2D eigenvalue weighted by molar-refractivity contribution is -0.145. The van der Waals surface area contributed by atoms with E-state index in [1.165, 1.54) is 7.11 Å². The van der Waals surface area contributed by atoms with Crippen molar-refractivity contribution in [3.63, 3.8) is 0 Å². The number of thioether (sulfide) groups is 1. The van der Waals surface area contributed by atoms with Gasteiger partial charge in [0, 0.05) is 36.3 Å². The van der Waals surface area contributed by atoms with Crippen molar-refractivity contribution >= 4 is 23.3 Å². The molecule has 0 saturated carbocycles. The van der Waals surface area contributed by atoms with Crippen LogP contribution in [0.25, 0.3) is 5.57 Å². The van der Waals surface area contributed by atoms with Gasteiger partial charge in [-0.15, -0.1) is 11.8 Å². The Kier molecular flexibility index (Phi) is 6.78. The van der Waals surface area contributed by atoms with Crippen molar-refractivity contribution in [2.45, 2.75) is 10.7 Å². The normalized spacial score (nSPS) is 16.0. The molecule has 0 atom stereocenters. The highest BCUT2D eigenvalue weighted by atomic mass is 32.2. The van der Waals surface area contributed by atoms with Gasteiger partial charge in [-0.25, -0.2) is 4.79 Å². The second-order valence-corrected chi connectivity index (χ2v) is 7.62. The first-order valence-corrected chi connectivity index (χ1v) is 10.1. The van der Waals surface area contributed by atoms with Crippen LogP contribution in [0.4, 0.5) is 0 Å². The lowest BCUT2D eigenvalue weighted by atomic mass is 10.1. The molecule has 1 saturated heterocycles. The predicted octanol–water partition coefficient (Wildman–Crippen LogP) is 3.75. The van der Waals surface area contributed by atoms with Crippen molar-refractivity contribution in [3.05, 3.63) is 71.9 Å². The SMILES string of the molecule is COC(=O)/C(=C/N(C)C)c1ccccc1SCC1(c2ccccc2)OCCO1. The van der Waals surface area contributed by atoms with Crippen LogP contribution in [0, 0.1) is 0 Å². The molecule has 2 aromatic carbocycles. The molecule has 1 fully saturated rings. The summed E-state index contributed by atoms with van der Waals surface area (Å²) in [7, 11) is 5.15. The molecule has 2 aromatic rings. The number of ether oxygens (including phenoxy) is 3. The fourth-order valence-corrected chi connectivity index (χ4v) is 4.26. The van der Waals surface area contributed by atoms with Gasteiger partial charge < -0.3 is 19.1 Å². The van der Waals surface area contributed by atoms with Gasteiger partial charge in [0.25, 0.3) is 0 Å². The zero-order valence-corrected chi connectivity index (χ0v) is 17.2. The maximum atomic E-state index is 12.4. The summed E-state index contributed by atoms with van der Waals surface area (Å²) in [6.07, 6.45) is 1.78. The topological polar surface area (TPSA) is 48.0 Å². The van der Waals surface area contributed by atoms with Crippen LogP contribution in [0.1, 0.15) is 11.1 Å². The lowest BCUT2D eigenvalue weighted by Gasteiger charge is -2.28. The van der Waals surface area contributed by atoms with Crippen molar-refractivity contribution < 1.29 is 19.0 Å². The van der Waals surface area contributed by atoms with E-state index in [1.54, 1.807) is 18.0 Å². The van der Waals surface area contributed by atoms with Gasteiger partial charge in [0.1, 0.15) is 0 Å². The molecule has 0 aliphatic carbocycles. The number of benzene rings is 2. The molecule has 6 heteroatoms. The molecule has 0 bridgehead atoms. The molecule has 5 nitrogen and oxygen atoms in total. The maximum absolute atomic E-state index is 12.4. The van der Waals surface area contributed by atoms with Crippen LogP contribution in [0.5, 0.6) is 0 Å². The number of rotatable bonds is 7. The zero-order valence-electron chi connectivity index (χ0n) is 16.4. The van der Waals surface area contributed by atoms with Crippen LogP contribution < -0.4 is 0 Å². The van der Waals surface area contributed by atoms with E-state index in [1.807, 2.05) is 73.6 Å². The predicted molar refractivity (Wildman–Crippen MR) is 111 cm³/mol. The van der Waals surface area contributed by atoms with E-state index >= 15 is 0 Å². The van der Waals surface area contributed by atoms with Crippen LogP contribution in [0.2, 0.25) is 0 Å². The molecule has 0 radical (unpaired) electrons. The summed E-state index contributed by atoms with van der Waals surface area (Å²) in [6.45, 7) is 1.12. The van der Waals surface area contributed by atoms with Gasteiger partial charge in [0.05, 0.1) is 31.6 Å². The Bertz CT molecular complexity index is 829. The Balaban J connectivity index is 1.90. The van der Waals surface area contributed by atoms with Crippen LogP contribution in [-0.2, 0) is 24.8 Å². The van der Waals surface area contributed by atoms with Gasteiger partial charge in [0.15, 0.2) is 0 Å². The Hall–Kier alpha value is -2.28. The minimum absolute atomic E-state index is 0.368. The first kappa shape index (κ1) is 20.5. The van der Waals surface area contributed by atoms with Crippen molar-refractivity contribution in [1.82, 2.24) is 4.90 Å². The summed E-state index contributed by atoms with van der Waals surface area (Å²) in [6, 6.07) is 17.8. The molecule has 28 heavy (non-hydrogen) atoms. The Morgan fingerprint density at radius 2 is 1.75 bits per heavy atom. The highest BCUT2D eigenvalue weighted by Crippen LogP contribution is 2.39. The summed E-state index contributed by atoms with van der Waals surface area (Å²) in [5, 5.41) is 0. The lowest BCUT2D eigenvalue weighted by Crippen LogP contribution is -2.30. The van der Waals surface area contributed by atoms with Gasteiger partial charge in [0.2, 0.25) is 5.79 Å². The molecule has 1 aliphatic rings. The van der Waals surface area contributed by atoms with Crippen LogP contribution >= 0.6 is 11.8 Å². The van der Waals surface area contributed by atoms with Gasteiger partial charge in [-0.3, -0.25) is 0 Å². The quantitative estimate of drug-likeness (QED) is 0.401. The molecule has 1 heterocycles. The summed E-state index contributed by atoms with van der Waals surface area (Å²) in [4.78, 5) is 15.2. The van der Waals surface area contributed by atoms with Gasteiger partial charge >= 0.3 is 5.97 Å². The Labute approximate surface area is 170 Å². The van der Waals surface area contributed by atoms with E-state index in [0.717, 1.165) is 16.0 Å². The third-order valence-electron chi connectivity index (χ3n) is 4.35. The van der Waals surface area contributed by atoms with Crippen molar-refractivity contribution in [3.8, 4) is 0 Å². The summed E-state index contributed by atoms with van der Waals surface area (Å²) in [5.74, 6) is -0.576. The molecular formula is C22H25NO4S. The van der Waals surface area contributed by atoms with Crippen LogP contribution in [0.3, 0.4) is 0 Å². The number of hydrogen-bond acceptors (Lipinski definition) is 6. The highest BCUT2D eigenvalue weighted by molar-refractivity contribution is 7.99. The van der Waals surface area contributed by atoms with E-state index in [9.17, 15) is 4.79 Å². The molecule has 0 amide bonds. The number of nitrogens with zero attached hydrogens (tertiary/aromatic N) is 1. The number of hydrogen-bond donors (Lipinski definition) is 0. The molecule has 3 rings (SSSR count). The van der Waals surface area contributed by atoms with E-state index in [0.29, 0.717) is 24.5 Å². The van der Waals surface area contributed by atoms with E-state index in [4.69, 9.17) is 14.2 Å². The fourth-order valence-electron chi connectivity index (χ4n) is 3.07. The molecule has 0 N–H and O–H groups in total. The second-order valence-electron chi connectivity index (χ2n) is 6.60. The minimum Gasteiger partial charge on any atom is -0.465 e. The molecule has 148 valence electrons. The largest absolute Gasteiger partial charge is 0.465 e. The number of esters is 1. The summed E-state index contributed by atoms with van der Waals surface area (Å²) >= 11 is 1.60. The smallest absolute Gasteiger partial charge is 0.339 e. The van der Waals surface area contributed by atoms with E-state index < -0.39 is 5.79 Å². The second kappa shape index (κ2) is 9.28. The van der Waals surface area contributed by atoms with E-state index in [2.05, 4.69) is 0 Å². The number of carbonyl (C=O) groups excluding carboxylic acids is 1. The zero-order chi connectivity index (χ0) is 20.0. The monoisotopic (exact) mass is 399 g/mol. The maximum Gasteiger partial charge on any atom is 0.339 e. The van der Waals surface area contributed by atoms with Crippen molar-refractivity contribution in [2.24, 2.45) is 0 Å². The van der Waals surface area contributed by atoms with E-state index in [-0.39, 0.29) is 5.97 Å². The highest BCUT2D eigenvalue weighted by Gasteiger charge is 2.38. The van der Waals surface area contributed by atoms with Gasteiger partial charge in [-0.1, -0.05) is 48.5 Å². The molecule has 1 aliphatic heterocycles. The van der Waals surface area contributed by atoms with Crippen molar-refractivity contribution in [1.29, 1.82) is 0 Å². The van der Waals surface area contributed by atoms with Gasteiger partial charge in [-0.2, -0.15) is 0 Å². The molecular weight excluding hydrogens is 374 g/mol. The minimum atomic E-state index is -0.782. The number of carbonyl (C=O) groups is 1. The Morgan fingerprint density at radius 3 is 2.39 bits per heavy atom. The molecule has 0 unspecified atom stereocenters. The standard InChI is InChI=1S/C22H25NO4S/c1-23(2)15-19(21(24)25-3)18-11-7-8-12-20(18)28-16-22(26-13-14-27-22)17-9-5-4-6-10-17/h4-12,15H,13-14,16H2,1-3H3/b19-15+. The van der Waals surface area contributed by atoms with Crippen LogP contribution in [-0.4, -0.2) is 51.0 Å². The average Bonchev–Trinajstić information content (AvgIpc) is 3.21. The molecule has 0 aromatic heterocycles. The first-order chi connectivity index (χ1) is 13.6. The van der Waals surface area contributed by atoms with Crippen molar-refractivity contribution in [2.75, 3.05) is 40.2 Å². The Morgan fingerprint density at radius 1 is 1.11 bits per heavy atom. The van der Waals surface area contributed by atoms with Gasteiger partial charge in [-0.05, 0) is 6.07 Å². The third kappa shape index (κ3) is 4.58.